The Bertz CT molecular complexity index is 1900. The molecule has 3 N–H and O–H groups in total. The summed E-state index contributed by atoms with van der Waals surface area (Å²) in [7, 11) is 0. The van der Waals surface area contributed by atoms with Crippen molar-refractivity contribution in [3.63, 3.8) is 0 Å². The summed E-state index contributed by atoms with van der Waals surface area (Å²) < 4.78 is 0. The fraction of sp³-hybridized carbons (Fsp3) is 0. The molecule has 0 aliphatic carbocycles. The summed E-state index contributed by atoms with van der Waals surface area (Å²) in [5, 5.41) is 15.8. The summed E-state index contributed by atoms with van der Waals surface area (Å²) in [6.45, 7) is 0. The molecule has 34 heavy (non-hydrogen) atoms. The molecular formula is C32H22N2. The van der Waals surface area contributed by atoms with Gasteiger partial charge in [0.05, 0.1) is 11.4 Å². The maximum Gasteiger partial charge on any atom is 0.0633 e. The van der Waals surface area contributed by atoms with Gasteiger partial charge in [-0.15, -0.1) is 0 Å². The first-order chi connectivity index (χ1) is 16.8. The number of nitrogens with two attached hydrogens (primary N) is 1. The molecule has 7 rings (SSSR count). The highest BCUT2D eigenvalue weighted by atomic mass is 14.9. The van der Waals surface area contributed by atoms with Crippen molar-refractivity contribution in [1.29, 1.82) is 0 Å². The summed E-state index contributed by atoms with van der Waals surface area (Å²) in [6.07, 6.45) is 0. The molecule has 160 valence electrons. The van der Waals surface area contributed by atoms with E-state index in [9.17, 15) is 0 Å². The minimum Gasteiger partial charge on any atom is -0.397 e. The Kier molecular flexibility index (Phi) is 4.03. The van der Waals surface area contributed by atoms with E-state index in [1.54, 1.807) is 0 Å². The van der Waals surface area contributed by atoms with Crippen LogP contribution in [0.25, 0.3) is 53.9 Å². The largest absolute Gasteiger partial charge is 0.397 e. The molecule has 7 aromatic carbocycles. The van der Waals surface area contributed by atoms with Gasteiger partial charge in [0.15, 0.2) is 0 Å². The average Bonchev–Trinajstić information content (AvgIpc) is 2.89. The molecule has 0 amide bonds. The molecule has 0 heterocycles. The monoisotopic (exact) mass is 434 g/mol. The summed E-state index contributed by atoms with van der Waals surface area (Å²) in [4.78, 5) is 0. The van der Waals surface area contributed by atoms with Crippen LogP contribution in [0.5, 0.6) is 0 Å². The predicted octanol–water partition coefficient (Wildman–Crippen LogP) is 8.78. The SMILES string of the molecule is Nc1c(Nc2cccc3ccc4cc5ccccc5cc4c23)ccc2c1ccc1ccccc12. The standard InChI is InChI=1S/C32H22N2/c33-32-27-15-14-20-6-3-4-10-25(20)26(27)16-17-30(32)34-29-11-5-9-21-12-13-24-18-22-7-1-2-8-23(22)19-28(24)31(21)29/h1-19,34H,33H2. The number of nitrogen functional groups attached to an aromatic ring is 1. The third kappa shape index (κ3) is 2.82. The van der Waals surface area contributed by atoms with Gasteiger partial charge in [-0.2, -0.15) is 0 Å². The van der Waals surface area contributed by atoms with Crippen LogP contribution in [-0.2, 0) is 0 Å². The van der Waals surface area contributed by atoms with Gasteiger partial charge in [-0.25, -0.2) is 0 Å². The van der Waals surface area contributed by atoms with Crippen molar-refractivity contribution in [2.45, 2.75) is 0 Å². The number of rotatable bonds is 2. The third-order valence-corrected chi connectivity index (χ3v) is 6.96. The molecule has 0 aliphatic heterocycles. The Labute approximate surface area is 197 Å². The van der Waals surface area contributed by atoms with E-state index in [1.165, 1.54) is 48.5 Å². The molecule has 0 radical (unpaired) electrons. The lowest BCUT2D eigenvalue weighted by Gasteiger charge is -2.16. The molecule has 7 aromatic rings. The molecule has 0 spiro atoms. The zero-order valence-electron chi connectivity index (χ0n) is 18.5. The van der Waals surface area contributed by atoms with Gasteiger partial charge in [0.2, 0.25) is 0 Å². The Morgan fingerprint density at radius 1 is 0.412 bits per heavy atom. The molecule has 0 bridgehead atoms. The number of hydrogen-bond donors (Lipinski definition) is 2. The molecular weight excluding hydrogens is 412 g/mol. The number of hydrogen-bond acceptors (Lipinski definition) is 2. The van der Waals surface area contributed by atoms with Crippen LogP contribution in [-0.4, -0.2) is 0 Å². The molecule has 0 atom stereocenters. The molecule has 2 nitrogen and oxygen atoms in total. The average molecular weight is 435 g/mol. The molecule has 2 heteroatoms. The first-order valence-corrected chi connectivity index (χ1v) is 11.6. The zero-order valence-corrected chi connectivity index (χ0v) is 18.5. The fourth-order valence-electron chi connectivity index (χ4n) is 5.27. The molecule has 0 saturated heterocycles. The van der Waals surface area contributed by atoms with E-state index < -0.39 is 0 Å². The predicted molar refractivity (Wildman–Crippen MR) is 148 cm³/mol. The molecule has 0 saturated carbocycles. The van der Waals surface area contributed by atoms with Crippen LogP contribution in [0.1, 0.15) is 0 Å². The highest BCUT2D eigenvalue weighted by Gasteiger charge is 2.11. The summed E-state index contributed by atoms with van der Waals surface area (Å²) >= 11 is 0. The molecule has 0 fully saturated rings. The van der Waals surface area contributed by atoms with Crippen molar-refractivity contribution in [2.24, 2.45) is 0 Å². The van der Waals surface area contributed by atoms with Gasteiger partial charge in [0, 0.05) is 16.5 Å². The van der Waals surface area contributed by atoms with Crippen LogP contribution < -0.4 is 11.1 Å². The Morgan fingerprint density at radius 2 is 1.09 bits per heavy atom. The maximum atomic E-state index is 6.73. The lowest BCUT2D eigenvalue weighted by Crippen LogP contribution is -1.98. The number of anilines is 3. The highest BCUT2D eigenvalue weighted by molar-refractivity contribution is 6.18. The first-order valence-electron chi connectivity index (χ1n) is 11.6. The van der Waals surface area contributed by atoms with Crippen molar-refractivity contribution in [2.75, 3.05) is 11.1 Å². The lowest BCUT2D eigenvalue weighted by atomic mass is 9.97. The summed E-state index contributed by atoms with van der Waals surface area (Å²) in [6, 6.07) is 40.9. The summed E-state index contributed by atoms with van der Waals surface area (Å²) in [5.74, 6) is 0. The Balaban J connectivity index is 1.44. The van der Waals surface area contributed by atoms with Gasteiger partial charge in [-0.1, -0.05) is 91.0 Å². The second kappa shape index (κ2) is 7.23. The van der Waals surface area contributed by atoms with Crippen LogP contribution in [0.2, 0.25) is 0 Å². The highest BCUT2D eigenvalue weighted by Crippen LogP contribution is 2.38. The van der Waals surface area contributed by atoms with Gasteiger partial charge in [-0.05, 0) is 67.4 Å². The topological polar surface area (TPSA) is 38.0 Å². The second-order valence-electron chi connectivity index (χ2n) is 8.92. The van der Waals surface area contributed by atoms with Crippen molar-refractivity contribution < 1.29 is 0 Å². The number of fused-ring (bicyclic) bond motifs is 7. The number of nitrogens with one attached hydrogen (secondary N) is 1. The fourth-order valence-corrected chi connectivity index (χ4v) is 5.27. The van der Waals surface area contributed by atoms with E-state index in [0.717, 1.165) is 22.4 Å². The third-order valence-electron chi connectivity index (χ3n) is 6.96. The van der Waals surface area contributed by atoms with Gasteiger partial charge in [0.1, 0.15) is 0 Å². The van der Waals surface area contributed by atoms with Gasteiger partial charge < -0.3 is 11.1 Å². The maximum absolute atomic E-state index is 6.73. The van der Waals surface area contributed by atoms with Crippen molar-refractivity contribution >= 4 is 70.9 Å². The van der Waals surface area contributed by atoms with Gasteiger partial charge in [-0.3, -0.25) is 0 Å². The van der Waals surface area contributed by atoms with Crippen LogP contribution in [0.3, 0.4) is 0 Å². The first kappa shape index (κ1) is 19.0. The van der Waals surface area contributed by atoms with Crippen LogP contribution in [0.15, 0.2) is 115 Å². The van der Waals surface area contributed by atoms with Crippen LogP contribution in [0, 0.1) is 0 Å². The van der Waals surface area contributed by atoms with Gasteiger partial charge >= 0.3 is 0 Å². The van der Waals surface area contributed by atoms with E-state index in [0.29, 0.717) is 0 Å². The minimum absolute atomic E-state index is 0.769. The van der Waals surface area contributed by atoms with E-state index >= 15 is 0 Å². The quantitative estimate of drug-likeness (QED) is 0.162. The Hall–Kier alpha value is -4.56. The minimum atomic E-state index is 0.769. The smallest absolute Gasteiger partial charge is 0.0633 e. The zero-order chi connectivity index (χ0) is 22.6. The lowest BCUT2D eigenvalue weighted by molar-refractivity contribution is 1.60. The normalized spacial score (nSPS) is 11.6. The molecule has 0 aliphatic rings. The van der Waals surface area contributed by atoms with Crippen molar-refractivity contribution in [3.05, 3.63) is 115 Å². The molecule has 0 unspecified atom stereocenters. The van der Waals surface area contributed by atoms with Gasteiger partial charge in [0.25, 0.3) is 0 Å². The second-order valence-corrected chi connectivity index (χ2v) is 8.92. The van der Waals surface area contributed by atoms with E-state index in [4.69, 9.17) is 5.73 Å². The Morgan fingerprint density at radius 3 is 1.97 bits per heavy atom. The van der Waals surface area contributed by atoms with E-state index in [1.807, 2.05) is 0 Å². The van der Waals surface area contributed by atoms with Crippen molar-refractivity contribution in [3.8, 4) is 0 Å². The summed E-state index contributed by atoms with van der Waals surface area (Å²) in [5.41, 5.74) is 9.48. The van der Waals surface area contributed by atoms with E-state index in [-0.39, 0.29) is 0 Å². The molecule has 0 aromatic heterocycles. The van der Waals surface area contributed by atoms with E-state index in [2.05, 4.69) is 121 Å². The number of benzene rings is 7. The van der Waals surface area contributed by atoms with Crippen LogP contribution in [0.4, 0.5) is 17.1 Å². The van der Waals surface area contributed by atoms with Crippen LogP contribution >= 0.6 is 0 Å². The van der Waals surface area contributed by atoms with Crippen molar-refractivity contribution in [1.82, 2.24) is 0 Å².